The van der Waals surface area contributed by atoms with E-state index in [-0.39, 0.29) is 5.91 Å². The molecule has 1 aliphatic rings. The summed E-state index contributed by atoms with van der Waals surface area (Å²) in [7, 11) is 0. The highest BCUT2D eigenvalue weighted by Crippen LogP contribution is 2.20. The molecule has 4 rings (SSSR count). The van der Waals surface area contributed by atoms with E-state index in [2.05, 4.69) is 58.6 Å². The maximum Gasteiger partial charge on any atom is 0.292 e. The third-order valence-corrected chi connectivity index (χ3v) is 4.97. The summed E-state index contributed by atoms with van der Waals surface area (Å²) in [6, 6.07) is 20.8. The molecule has 1 fully saturated rings. The zero-order chi connectivity index (χ0) is 18.6. The lowest BCUT2D eigenvalue weighted by molar-refractivity contribution is 0.0588. The predicted molar refractivity (Wildman–Crippen MR) is 104 cm³/mol. The minimum atomic E-state index is -0.0672. The molecule has 0 N–H and O–H groups in total. The molecule has 0 bridgehead atoms. The number of rotatable bonds is 4. The Labute approximate surface area is 159 Å². The van der Waals surface area contributed by atoms with Crippen molar-refractivity contribution in [3.8, 4) is 11.1 Å². The van der Waals surface area contributed by atoms with Crippen LogP contribution in [-0.4, -0.2) is 47.0 Å². The van der Waals surface area contributed by atoms with E-state index in [9.17, 15) is 4.79 Å². The molecule has 0 unspecified atom stereocenters. The fourth-order valence-electron chi connectivity index (χ4n) is 3.42. The number of nitrogens with zero attached hydrogens (tertiary/aromatic N) is 3. The van der Waals surface area contributed by atoms with E-state index in [1.165, 1.54) is 16.7 Å². The van der Waals surface area contributed by atoms with Gasteiger partial charge in [0.2, 0.25) is 5.76 Å². The second-order valence-corrected chi connectivity index (χ2v) is 6.96. The summed E-state index contributed by atoms with van der Waals surface area (Å²) in [6.45, 7) is 5.86. The number of hydrogen-bond acceptors (Lipinski definition) is 4. The molecule has 0 spiro atoms. The molecule has 0 saturated carbocycles. The summed E-state index contributed by atoms with van der Waals surface area (Å²) in [5.41, 5.74) is 4.49. The third kappa shape index (κ3) is 4.09. The van der Waals surface area contributed by atoms with Crippen LogP contribution in [-0.2, 0) is 6.54 Å². The van der Waals surface area contributed by atoms with Gasteiger partial charge in [0, 0.05) is 38.8 Å². The van der Waals surface area contributed by atoms with Gasteiger partial charge in [-0.15, -0.1) is 0 Å². The molecule has 1 aliphatic heterocycles. The first-order valence-corrected chi connectivity index (χ1v) is 9.28. The van der Waals surface area contributed by atoms with Crippen molar-refractivity contribution in [3.05, 3.63) is 77.7 Å². The van der Waals surface area contributed by atoms with Gasteiger partial charge in [0.1, 0.15) is 0 Å². The van der Waals surface area contributed by atoms with Crippen LogP contribution in [0, 0.1) is 6.92 Å². The first-order chi connectivity index (χ1) is 13.2. The molecule has 5 nitrogen and oxygen atoms in total. The van der Waals surface area contributed by atoms with Crippen LogP contribution in [0.3, 0.4) is 0 Å². The molecule has 5 heteroatoms. The lowest BCUT2D eigenvalue weighted by Gasteiger charge is -2.34. The van der Waals surface area contributed by atoms with Crippen LogP contribution in [0.1, 0.15) is 21.8 Å². The van der Waals surface area contributed by atoms with Crippen LogP contribution < -0.4 is 0 Å². The number of piperazine rings is 1. The molecule has 2 aromatic carbocycles. The zero-order valence-corrected chi connectivity index (χ0v) is 15.5. The lowest BCUT2D eigenvalue weighted by atomic mass is 10.0. The van der Waals surface area contributed by atoms with Gasteiger partial charge in [-0.3, -0.25) is 9.69 Å². The van der Waals surface area contributed by atoms with Gasteiger partial charge in [0.25, 0.3) is 5.91 Å². The molecule has 138 valence electrons. The van der Waals surface area contributed by atoms with Crippen molar-refractivity contribution >= 4 is 5.91 Å². The molecule has 0 atom stereocenters. The Morgan fingerprint density at radius 3 is 2.26 bits per heavy atom. The van der Waals surface area contributed by atoms with Crippen molar-refractivity contribution < 1.29 is 9.32 Å². The number of amides is 1. The highest BCUT2D eigenvalue weighted by Gasteiger charge is 2.24. The molecule has 2 heterocycles. The Kier molecular flexibility index (Phi) is 5.03. The number of carbonyl (C=O) groups excluding carboxylic acids is 1. The Morgan fingerprint density at radius 1 is 0.963 bits per heavy atom. The second-order valence-electron chi connectivity index (χ2n) is 6.96. The smallest absolute Gasteiger partial charge is 0.292 e. The van der Waals surface area contributed by atoms with Gasteiger partial charge in [-0.25, -0.2) is 0 Å². The van der Waals surface area contributed by atoms with Crippen molar-refractivity contribution in [3.63, 3.8) is 0 Å². The van der Waals surface area contributed by atoms with Crippen molar-refractivity contribution in [2.45, 2.75) is 13.5 Å². The summed E-state index contributed by atoms with van der Waals surface area (Å²) in [5.74, 6) is 0.264. The van der Waals surface area contributed by atoms with E-state index in [1.807, 2.05) is 17.9 Å². The van der Waals surface area contributed by atoms with Gasteiger partial charge < -0.3 is 9.42 Å². The maximum absolute atomic E-state index is 12.4. The van der Waals surface area contributed by atoms with E-state index in [0.29, 0.717) is 18.8 Å². The molecule has 3 aromatic rings. The third-order valence-electron chi connectivity index (χ3n) is 4.97. The molecular formula is C22H23N3O2. The highest BCUT2D eigenvalue weighted by atomic mass is 16.5. The summed E-state index contributed by atoms with van der Waals surface area (Å²) >= 11 is 0. The van der Waals surface area contributed by atoms with Gasteiger partial charge in [0.15, 0.2) is 0 Å². The first kappa shape index (κ1) is 17.5. The number of benzene rings is 2. The van der Waals surface area contributed by atoms with E-state index in [1.54, 1.807) is 6.07 Å². The highest BCUT2D eigenvalue weighted by molar-refractivity contribution is 5.91. The van der Waals surface area contributed by atoms with Gasteiger partial charge in [-0.1, -0.05) is 59.8 Å². The Morgan fingerprint density at radius 2 is 1.63 bits per heavy atom. The standard InChI is InChI=1S/C22H23N3O2/c1-17-15-21(27-23-17)22(26)25-13-11-24(12-14-25)16-18-7-9-20(10-8-18)19-5-3-2-4-6-19/h2-10,15H,11-14,16H2,1H3. The molecule has 0 aliphatic carbocycles. The van der Waals surface area contributed by atoms with Crippen molar-refractivity contribution in [2.24, 2.45) is 0 Å². The Hall–Kier alpha value is -2.92. The van der Waals surface area contributed by atoms with Crippen molar-refractivity contribution in [2.75, 3.05) is 26.2 Å². The van der Waals surface area contributed by atoms with E-state index >= 15 is 0 Å². The molecule has 1 aromatic heterocycles. The SMILES string of the molecule is Cc1cc(C(=O)N2CCN(Cc3ccc(-c4ccccc4)cc3)CC2)on1. The van der Waals surface area contributed by atoms with Crippen molar-refractivity contribution in [1.82, 2.24) is 15.0 Å². The lowest BCUT2D eigenvalue weighted by Crippen LogP contribution is -2.48. The van der Waals surface area contributed by atoms with Gasteiger partial charge in [0.05, 0.1) is 5.69 Å². The summed E-state index contributed by atoms with van der Waals surface area (Å²) in [4.78, 5) is 16.6. The van der Waals surface area contributed by atoms with Crippen LogP contribution in [0.4, 0.5) is 0 Å². The second kappa shape index (κ2) is 7.76. The van der Waals surface area contributed by atoms with Crippen LogP contribution >= 0.6 is 0 Å². The quantitative estimate of drug-likeness (QED) is 0.712. The normalized spacial score (nSPS) is 15.1. The number of hydrogen-bond donors (Lipinski definition) is 0. The van der Waals surface area contributed by atoms with Gasteiger partial charge in [-0.2, -0.15) is 0 Å². The summed E-state index contributed by atoms with van der Waals surface area (Å²) in [5, 5.41) is 3.80. The van der Waals surface area contributed by atoms with Crippen LogP contribution in [0.2, 0.25) is 0 Å². The fraction of sp³-hybridized carbons (Fsp3) is 0.273. The number of aryl methyl sites for hydroxylation is 1. The van der Waals surface area contributed by atoms with E-state index in [4.69, 9.17) is 4.52 Å². The van der Waals surface area contributed by atoms with Gasteiger partial charge in [-0.05, 0) is 23.6 Å². The molecule has 1 saturated heterocycles. The Balaban J connectivity index is 1.32. The van der Waals surface area contributed by atoms with Crippen LogP contribution in [0.15, 0.2) is 65.2 Å². The zero-order valence-electron chi connectivity index (χ0n) is 15.5. The predicted octanol–water partition coefficient (Wildman–Crippen LogP) is 3.61. The average Bonchev–Trinajstić information content (AvgIpc) is 3.16. The molecule has 27 heavy (non-hydrogen) atoms. The fourth-order valence-corrected chi connectivity index (χ4v) is 3.42. The maximum atomic E-state index is 12.4. The van der Waals surface area contributed by atoms with Gasteiger partial charge >= 0.3 is 0 Å². The van der Waals surface area contributed by atoms with Crippen LogP contribution in [0.25, 0.3) is 11.1 Å². The summed E-state index contributed by atoms with van der Waals surface area (Å²) in [6.07, 6.45) is 0. The molecule has 1 amide bonds. The number of aromatic nitrogens is 1. The van der Waals surface area contributed by atoms with E-state index in [0.717, 1.165) is 25.3 Å². The minimum Gasteiger partial charge on any atom is -0.351 e. The molecular weight excluding hydrogens is 338 g/mol. The average molecular weight is 361 g/mol. The summed E-state index contributed by atoms with van der Waals surface area (Å²) < 4.78 is 5.09. The molecule has 0 radical (unpaired) electrons. The van der Waals surface area contributed by atoms with E-state index < -0.39 is 0 Å². The topological polar surface area (TPSA) is 49.6 Å². The number of carbonyl (C=O) groups is 1. The first-order valence-electron chi connectivity index (χ1n) is 9.28. The monoisotopic (exact) mass is 361 g/mol. The largest absolute Gasteiger partial charge is 0.351 e. The van der Waals surface area contributed by atoms with Crippen LogP contribution in [0.5, 0.6) is 0 Å². The van der Waals surface area contributed by atoms with Crippen molar-refractivity contribution in [1.29, 1.82) is 0 Å². The minimum absolute atomic E-state index is 0.0672. The Bertz CT molecular complexity index is 895.